The van der Waals surface area contributed by atoms with E-state index in [-0.39, 0.29) is 16.6 Å². The van der Waals surface area contributed by atoms with Crippen LogP contribution in [0.4, 0.5) is 17.1 Å². The summed E-state index contributed by atoms with van der Waals surface area (Å²) in [7, 11) is 1.50. The van der Waals surface area contributed by atoms with E-state index in [1.54, 1.807) is 18.2 Å². The summed E-state index contributed by atoms with van der Waals surface area (Å²) < 4.78 is 5.08. The fourth-order valence-electron chi connectivity index (χ4n) is 2.32. The fourth-order valence-corrected chi connectivity index (χ4v) is 2.58. The molecule has 1 aromatic heterocycles. The van der Waals surface area contributed by atoms with Crippen LogP contribution in [0.15, 0.2) is 41.5 Å². The van der Waals surface area contributed by atoms with Crippen molar-refractivity contribution in [3.63, 3.8) is 0 Å². The van der Waals surface area contributed by atoms with Crippen LogP contribution in [-0.2, 0) is 0 Å². The Labute approximate surface area is 140 Å². The van der Waals surface area contributed by atoms with E-state index in [0.717, 1.165) is 6.33 Å². The first-order chi connectivity index (χ1) is 11.5. The van der Waals surface area contributed by atoms with Gasteiger partial charge in [0.1, 0.15) is 5.75 Å². The van der Waals surface area contributed by atoms with Gasteiger partial charge >= 0.3 is 0 Å². The lowest BCUT2D eigenvalue weighted by Crippen LogP contribution is -2.10. The van der Waals surface area contributed by atoms with E-state index in [1.807, 2.05) is 0 Å². The first-order valence-corrected chi connectivity index (χ1v) is 7.14. The third-order valence-electron chi connectivity index (χ3n) is 3.40. The highest BCUT2D eigenvalue weighted by atomic mass is 35.5. The van der Waals surface area contributed by atoms with Gasteiger partial charge in [-0.05, 0) is 24.3 Å². The second-order valence-corrected chi connectivity index (χ2v) is 5.23. The molecule has 3 rings (SSSR count). The fraction of sp³-hybridized carbons (Fsp3) is 0.0667. The summed E-state index contributed by atoms with van der Waals surface area (Å²) in [5, 5.41) is 14.6. The van der Waals surface area contributed by atoms with Crippen LogP contribution < -0.4 is 15.6 Å². The van der Waals surface area contributed by atoms with Crippen LogP contribution in [0.1, 0.15) is 0 Å². The van der Waals surface area contributed by atoms with Gasteiger partial charge in [0.2, 0.25) is 0 Å². The number of hydrogen-bond acceptors (Lipinski definition) is 6. The molecule has 0 aliphatic rings. The van der Waals surface area contributed by atoms with Gasteiger partial charge in [0, 0.05) is 11.8 Å². The zero-order valence-corrected chi connectivity index (χ0v) is 13.1. The zero-order chi connectivity index (χ0) is 17.3. The molecule has 0 unspecified atom stereocenters. The molecular weight excluding hydrogens is 336 g/mol. The first-order valence-electron chi connectivity index (χ1n) is 6.76. The van der Waals surface area contributed by atoms with Gasteiger partial charge in [-0.2, -0.15) is 0 Å². The molecular formula is C15H11ClN4O4. The highest BCUT2D eigenvalue weighted by molar-refractivity contribution is 6.32. The van der Waals surface area contributed by atoms with Gasteiger partial charge < -0.3 is 15.0 Å². The van der Waals surface area contributed by atoms with Gasteiger partial charge in [-0.3, -0.25) is 14.9 Å². The number of non-ortho nitro benzene ring substituents is 1. The number of hydrogen-bond donors (Lipinski definition) is 2. The topological polar surface area (TPSA) is 110 Å². The van der Waals surface area contributed by atoms with Gasteiger partial charge in [-0.1, -0.05) is 11.6 Å². The average molecular weight is 347 g/mol. The van der Waals surface area contributed by atoms with Crippen molar-refractivity contribution >= 4 is 39.6 Å². The molecule has 0 saturated carbocycles. The van der Waals surface area contributed by atoms with Crippen molar-refractivity contribution in [2.24, 2.45) is 0 Å². The van der Waals surface area contributed by atoms with Crippen LogP contribution in [0.5, 0.6) is 5.75 Å². The van der Waals surface area contributed by atoms with Gasteiger partial charge in [-0.25, -0.2) is 4.98 Å². The number of H-pyrrole nitrogens is 1. The Bertz CT molecular complexity index is 1000. The zero-order valence-electron chi connectivity index (χ0n) is 12.4. The van der Waals surface area contributed by atoms with Crippen LogP contribution in [-0.4, -0.2) is 22.0 Å². The van der Waals surface area contributed by atoms with Crippen molar-refractivity contribution in [2.45, 2.75) is 0 Å². The maximum atomic E-state index is 12.1. The Hall–Kier alpha value is -3.13. The number of halogens is 1. The van der Waals surface area contributed by atoms with Crippen LogP contribution in [0, 0.1) is 10.1 Å². The predicted molar refractivity (Wildman–Crippen MR) is 90.3 cm³/mol. The van der Waals surface area contributed by atoms with Gasteiger partial charge in [0.05, 0.1) is 34.5 Å². The molecule has 0 amide bonds. The van der Waals surface area contributed by atoms with E-state index in [9.17, 15) is 14.9 Å². The number of rotatable bonds is 4. The number of ether oxygens (including phenoxy) is 1. The molecule has 0 fully saturated rings. The van der Waals surface area contributed by atoms with Crippen molar-refractivity contribution in [2.75, 3.05) is 12.4 Å². The highest BCUT2D eigenvalue weighted by Gasteiger charge is 2.18. The lowest BCUT2D eigenvalue weighted by molar-refractivity contribution is -0.383. The van der Waals surface area contributed by atoms with Crippen LogP contribution in [0.2, 0.25) is 5.02 Å². The SMILES string of the molecule is COc1ccc(Nc2ccc([N+](=O)[O-])c3nc[nH]c(=O)c23)cc1Cl. The molecule has 2 aromatic carbocycles. The second-order valence-electron chi connectivity index (χ2n) is 4.82. The summed E-state index contributed by atoms with van der Waals surface area (Å²) in [5.74, 6) is 0.510. The van der Waals surface area contributed by atoms with Crippen molar-refractivity contribution in [1.82, 2.24) is 9.97 Å². The monoisotopic (exact) mass is 346 g/mol. The molecule has 0 atom stereocenters. The van der Waals surface area contributed by atoms with Crippen LogP contribution >= 0.6 is 11.6 Å². The number of aromatic nitrogens is 2. The van der Waals surface area contributed by atoms with E-state index in [4.69, 9.17) is 16.3 Å². The molecule has 9 heteroatoms. The molecule has 0 bridgehead atoms. The van der Waals surface area contributed by atoms with E-state index in [2.05, 4.69) is 15.3 Å². The summed E-state index contributed by atoms with van der Waals surface area (Å²) in [4.78, 5) is 29.0. The normalized spacial score (nSPS) is 10.6. The summed E-state index contributed by atoms with van der Waals surface area (Å²) in [6.07, 6.45) is 1.13. The number of nitrogens with zero attached hydrogens (tertiary/aromatic N) is 2. The van der Waals surface area contributed by atoms with Crippen molar-refractivity contribution in [3.05, 3.63) is 62.1 Å². The minimum absolute atomic E-state index is 0.00774. The highest BCUT2D eigenvalue weighted by Crippen LogP contribution is 2.32. The van der Waals surface area contributed by atoms with Crippen molar-refractivity contribution in [3.8, 4) is 5.75 Å². The summed E-state index contributed by atoms with van der Waals surface area (Å²) in [5.41, 5.74) is 0.263. The maximum absolute atomic E-state index is 12.1. The van der Waals surface area contributed by atoms with Gasteiger partial charge in [0.15, 0.2) is 5.52 Å². The number of methoxy groups -OCH3 is 1. The number of benzene rings is 2. The summed E-state index contributed by atoms with van der Waals surface area (Å²) in [6, 6.07) is 7.75. The van der Waals surface area contributed by atoms with Crippen molar-refractivity contribution in [1.29, 1.82) is 0 Å². The Morgan fingerprint density at radius 1 is 1.33 bits per heavy atom. The number of aromatic amines is 1. The molecule has 2 N–H and O–H groups in total. The van der Waals surface area contributed by atoms with E-state index in [0.29, 0.717) is 22.1 Å². The standard InChI is InChI=1S/C15H11ClN4O4/c1-24-12-5-2-8(6-9(12)16)19-10-3-4-11(20(22)23)14-13(10)15(21)18-7-17-14/h2-7,19H,1H3,(H,17,18,21). The largest absolute Gasteiger partial charge is 0.495 e. The molecule has 0 aliphatic heterocycles. The average Bonchev–Trinajstić information content (AvgIpc) is 2.55. The number of nitrogens with one attached hydrogen (secondary N) is 2. The molecule has 24 heavy (non-hydrogen) atoms. The smallest absolute Gasteiger partial charge is 0.295 e. The number of nitro groups is 1. The first kappa shape index (κ1) is 15.8. The number of anilines is 2. The third-order valence-corrected chi connectivity index (χ3v) is 3.70. The van der Waals surface area contributed by atoms with Crippen molar-refractivity contribution < 1.29 is 9.66 Å². The maximum Gasteiger partial charge on any atom is 0.295 e. The Balaban J connectivity index is 2.14. The summed E-state index contributed by atoms with van der Waals surface area (Å²) >= 11 is 6.08. The molecule has 0 radical (unpaired) electrons. The van der Waals surface area contributed by atoms with Crippen LogP contribution in [0.25, 0.3) is 10.9 Å². The Morgan fingerprint density at radius 2 is 2.12 bits per heavy atom. The Morgan fingerprint density at radius 3 is 2.79 bits per heavy atom. The number of nitro benzene ring substituents is 1. The number of fused-ring (bicyclic) bond motifs is 1. The minimum atomic E-state index is -0.581. The molecule has 3 aromatic rings. The lowest BCUT2D eigenvalue weighted by atomic mass is 10.1. The molecule has 0 aliphatic carbocycles. The summed E-state index contributed by atoms with van der Waals surface area (Å²) in [6.45, 7) is 0. The Kier molecular flexibility index (Phi) is 4.05. The lowest BCUT2D eigenvalue weighted by Gasteiger charge is -2.10. The van der Waals surface area contributed by atoms with Gasteiger partial charge in [0.25, 0.3) is 11.2 Å². The molecule has 0 spiro atoms. The molecule has 0 saturated heterocycles. The van der Waals surface area contributed by atoms with E-state index >= 15 is 0 Å². The predicted octanol–water partition coefficient (Wildman–Crippen LogP) is 3.24. The molecule has 122 valence electrons. The van der Waals surface area contributed by atoms with E-state index in [1.165, 1.54) is 19.2 Å². The quantitative estimate of drug-likeness (QED) is 0.554. The van der Waals surface area contributed by atoms with Gasteiger partial charge in [-0.15, -0.1) is 0 Å². The molecule has 1 heterocycles. The molecule has 8 nitrogen and oxygen atoms in total. The van der Waals surface area contributed by atoms with Crippen LogP contribution in [0.3, 0.4) is 0 Å². The minimum Gasteiger partial charge on any atom is -0.495 e. The third kappa shape index (κ3) is 2.74. The second kappa shape index (κ2) is 6.17. The van der Waals surface area contributed by atoms with E-state index < -0.39 is 10.5 Å².